The Kier molecular flexibility index (Phi) is 4.92. The summed E-state index contributed by atoms with van der Waals surface area (Å²) < 4.78 is 18.1. The molecule has 0 radical (unpaired) electrons. The molecule has 0 aromatic heterocycles. The normalized spacial score (nSPS) is 10.2. The van der Waals surface area contributed by atoms with Gasteiger partial charge in [0.05, 0.1) is 13.7 Å². The van der Waals surface area contributed by atoms with Gasteiger partial charge < -0.3 is 10.1 Å². The molecule has 16 heavy (non-hydrogen) atoms. The highest BCUT2D eigenvalue weighted by atomic mass is 19.1. The summed E-state index contributed by atoms with van der Waals surface area (Å²) >= 11 is 0. The Hall–Kier alpha value is -1.42. The minimum absolute atomic E-state index is 0.105. The van der Waals surface area contributed by atoms with Gasteiger partial charge in [0.1, 0.15) is 17.3 Å². The topological polar surface area (TPSA) is 38.3 Å². The number of Topliss-reactive ketones (excluding diaryl/α,β-unsaturated/α-hetero) is 1. The molecule has 0 saturated heterocycles. The maximum absolute atomic E-state index is 13.0. The lowest BCUT2D eigenvalue weighted by Gasteiger charge is -2.07. The zero-order valence-electron chi connectivity index (χ0n) is 9.55. The molecule has 88 valence electrons. The third-order valence-electron chi connectivity index (χ3n) is 2.29. The number of ketones is 1. The monoisotopic (exact) mass is 225 g/mol. The first-order valence-electron chi connectivity index (χ1n) is 5.16. The van der Waals surface area contributed by atoms with Crippen molar-refractivity contribution >= 4 is 5.78 Å². The minimum atomic E-state index is -0.308. The number of hydrogen-bond acceptors (Lipinski definition) is 3. The molecule has 0 atom stereocenters. The van der Waals surface area contributed by atoms with E-state index < -0.39 is 0 Å². The number of methoxy groups -OCH3 is 1. The highest BCUT2D eigenvalue weighted by Crippen LogP contribution is 2.20. The molecular weight excluding hydrogens is 209 g/mol. The fourth-order valence-corrected chi connectivity index (χ4v) is 1.50. The van der Waals surface area contributed by atoms with Crippen LogP contribution >= 0.6 is 0 Å². The van der Waals surface area contributed by atoms with Crippen LogP contribution in [-0.2, 0) is 11.2 Å². The van der Waals surface area contributed by atoms with E-state index in [-0.39, 0.29) is 11.6 Å². The Balaban J connectivity index is 2.65. The van der Waals surface area contributed by atoms with Gasteiger partial charge in [-0.15, -0.1) is 0 Å². The van der Waals surface area contributed by atoms with Crippen molar-refractivity contribution < 1.29 is 13.9 Å². The number of carbonyl (C=O) groups is 1. The molecule has 1 aromatic rings. The molecule has 0 saturated carbocycles. The molecule has 0 amide bonds. The fraction of sp³-hybridized carbons (Fsp3) is 0.417. The van der Waals surface area contributed by atoms with Crippen LogP contribution in [0.25, 0.3) is 0 Å². The summed E-state index contributed by atoms with van der Waals surface area (Å²) in [4.78, 5) is 11.3. The zero-order chi connectivity index (χ0) is 12.0. The molecule has 3 nitrogen and oxygen atoms in total. The van der Waals surface area contributed by atoms with Gasteiger partial charge >= 0.3 is 0 Å². The number of benzene rings is 1. The van der Waals surface area contributed by atoms with Crippen LogP contribution < -0.4 is 10.1 Å². The van der Waals surface area contributed by atoms with Crippen molar-refractivity contribution in [2.75, 3.05) is 20.7 Å². The number of carbonyl (C=O) groups excluding carboxylic acids is 1. The first kappa shape index (κ1) is 12.6. The van der Waals surface area contributed by atoms with Crippen molar-refractivity contribution in [3.63, 3.8) is 0 Å². The Morgan fingerprint density at radius 3 is 2.88 bits per heavy atom. The molecule has 0 fully saturated rings. The van der Waals surface area contributed by atoms with Gasteiger partial charge in [0, 0.05) is 6.42 Å². The Morgan fingerprint density at radius 1 is 1.50 bits per heavy atom. The van der Waals surface area contributed by atoms with Crippen LogP contribution in [0.5, 0.6) is 5.75 Å². The Morgan fingerprint density at radius 2 is 2.25 bits per heavy atom. The maximum atomic E-state index is 13.0. The molecule has 0 unspecified atom stereocenters. The van der Waals surface area contributed by atoms with E-state index in [9.17, 15) is 9.18 Å². The van der Waals surface area contributed by atoms with Gasteiger partial charge in [0.25, 0.3) is 0 Å². The number of nitrogens with one attached hydrogen (secondary N) is 1. The second-order valence-electron chi connectivity index (χ2n) is 3.53. The minimum Gasteiger partial charge on any atom is -0.496 e. The maximum Gasteiger partial charge on any atom is 0.146 e. The number of hydrogen-bond donors (Lipinski definition) is 1. The molecule has 4 heteroatoms. The van der Waals surface area contributed by atoms with E-state index in [0.29, 0.717) is 25.1 Å². The molecule has 0 aliphatic rings. The van der Waals surface area contributed by atoms with Crippen LogP contribution in [0.4, 0.5) is 4.39 Å². The van der Waals surface area contributed by atoms with Crippen molar-refractivity contribution in [1.29, 1.82) is 0 Å². The predicted octanol–water partition coefficient (Wildman–Crippen LogP) is 1.56. The molecule has 1 rings (SSSR count). The van der Waals surface area contributed by atoms with E-state index in [1.54, 1.807) is 13.1 Å². The third-order valence-corrected chi connectivity index (χ3v) is 2.29. The van der Waals surface area contributed by atoms with Gasteiger partial charge in [0.15, 0.2) is 0 Å². The lowest BCUT2D eigenvalue weighted by Crippen LogP contribution is -2.18. The summed E-state index contributed by atoms with van der Waals surface area (Å²) in [7, 11) is 3.26. The Labute approximate surface area is 94.6 Å². The van der Waals surface area contributed by atoms with Crippen LogP contribution in [0.3, 0.4) is 0 Å². The van der Waals surface area contributed by atoms with Gasteiger partial charge in [-0.2, -0.15) is 0 Å². The average Bonchev–Trinajstić information content (AvgIpc) is 2.27. The van der Waals surface area contributed by atoms with E-state index in [0.717, 1.165) is 5.56 Å². The average molecular weight is 225 g/mol. The first-order valence-corrected chi connectivity index (χ1v) is 5.16. The van der Waals surface area contributed by atoms with Crippen molar-refractivity contribution in [2.24, 2.45) is 0 Å². The number of rotatable bonds is 6. The van der Waals surface area contributed by atoms with Crippen LogP contribution in [0.1, 0.15) is 12.0 Å². The summed E-state index contributed by atoms with van der Waals surface area (Å²) in [5.41, 5.74) is 0.729. The molecule has 0 bridgehead atoms. The fourth-order valence-electron chi connectivity index (χ4n) is 1.50. The SMILES string of the molecule is CNCC(=O)CCc1cc(F)ccc1OC. The molecular formula is C12H16FNO2. The Bertz CT molecular complexity index is 366. The van der Waals surface area contributed by atoms with Crippen LogP contribution in [0, 0.1) is 5.82 Å². The van der Waals surface area contributed by atoms with Gasteiger partial charge in [-0.1, -0.05) is 0 Å². The van der Waals surface area contributed by atoms with E-state index >= 15 is 0 Å². The largest absolute Gasteiger partial charge is 0.496 e. The number of likely N-dealkylation sites (N-methyl/N-ethyl adjacent to an activating group) is 1. The molecule has 1 aromatic carbocycles. The summed E-state index contributed by atoms with van der Waals surface area (Å²) in [6.07, 6.45) is 0.891. The van der Waals surface area contributed by atoms with Crippen LogP contribution in [-0.4, -0.2) is 26.5 Å². The smallest absolute Gasteiger partial charge is 0.146 e. The van der Waals surface area contributed by atoms with Crippen LogP contribution in [0.15, 0.2) is 18.2 Å². The summed E-state index contributed by atoms with van der Waals surface area (Å²) in [6, 6.07) is 4.33. The molecule has 0 aliphatic carbocycles. The lowest BCUT2D eigenvalue weighted by atomic mass is 10.1. The standard InChI is InChI=1S/C12H16FNO2/c1-14-8-11(15)5-3-9-7-10(13)4-6-12(9)16-2/h4,6-7,14H,3,5,8H2,1-2H3. The summed E-state index contributed by atoms with van der Waals surface area (Å²) in [6.45, 7) is 0.345. The van der Waals surface area contributed by atoms with Crippen molar-refractivity contribution in [3.05, 3.63) is 29.6 Å². The van der Waals surface area contributed by atoms with E-state index in [1.165, 1.54) is 19.2 Å². The van der Waals surface area contributed by atoms with Gasteiger partial charge in [0.2, 0.25) is 0 Å². The van der Waals surface area contributed by atoms with Crippen LogP contribution in [0.2, 0.25) is 0 Å². The lowest BCUT2D eigenvalue weighted by molar-refractivity contribution is -0.118. The highest BCUT2D eigenvalue weighted by Gasteiger charge is 2.07. The number of aryl methyl sites for hydroxylation is 1. The quantitative estimate of drug-likeness (QED) is 0.798. The predicted molar refractivity (Wildman–Crippen MR) is 60.2 cm³/mol. The molecule has 0 heterocycles. The molecule has 0 aliphatic heterocycles. The van der Waals surface area contributed by atoms with Crippen molar-refractivity contribution in [1.82, 2.24) is 5.32 Å². The van der Waals surface area contributed by atoms with Gasteiger partial charge in [-0.3, -0.25) is 4.79 Å². The second-order valence-corrected chi connectivity index (χ2v) is 3.53. The number of halogens is 1. The zero-order valence-corrected chi connectivity index (χ0v) is 9.55. The number of ether oxygens (including phenoxy) is 1. The third kappa shape index (κ3) is 3.62. The first-order chi connectivity index (χ1) is 7.67. The van der Waals surface area contributed by atoms with Crippen molar-refractivity contribution in [3.8, 4) is 5.75 Å². The van der Waals surface area contributed by atoms with Gasteiger partial charge in [-0.05, 0) is 37.2 Å². The highest BCUT2D eigenvalue weighted by molar-refractivity contribution is 5.80. The molecule has 0 spiro atoms. The van der Waals surface area contributed by atoms with E-state index in [1.807, 2.05) is 0 Å². The molecule has 1 N–H and O–H groups in total. The van der Waals surface area contributed by atoms with E-state index in [4.69, 9.17) is 4.74 Å². The second kappa shape index (κ2) is 6.23. The van der Waals surface area contributed by atoms with E-state index in [2.05, 4.69) is 5.32 Å². The van der Waals surface area contributed by atoms with Crippen molar-refractivity contribution in [2.45, 2.75) is 12.8 Å². The summed E-state index contributed by atoms with van der Waals surface area (Å²) in [5.74, 6) is 0.421. The van der Waals surface area contributed by atoms with Gasteiger partial charge in [-0.25, -0.2) is 4.39 Å². The summed E-state index contributed by atoms with van der Waals surface area (Å²) in [5, 5.41) is 2.79.